The van der Waals surface area contributed by atoms with E-state index in [9.17, 15) is 0 Å². The summed E-state index contributed by atoms with van der Waals surface area (Å²) in [7, 11) is 0. The molecule has 0 aliphatic heterocycles. The van der Waals surface area contributed by atoms with Crippen LogP contribution in [0.3, 0.4) is 0 Å². The quantitative estimate of drug-likeness (QED) is 0.574. The van der Waals surface area contributed by atoms with Gasteiger partial charge in [-0.15, -0.1) is 24.8 Å². The zero-order chi connectivity index (χ0) is 15.4. The van der Waals surface area contributed by atoms with E-state index in [1.807, 2.05) is 0 Å². The first kappa shape index (κ1) is 21.1. The van der Waals surface area contributed by atoms with Crippen LogP contribution in [-0.4, -0.2) is 0 Å². The summed E-state index contributed by atoms with van der Waals surface area (Å²) >= 11 is -0.280. The Hall–Kier alpha value is -0.986. The fourth-order valence-electron chi connectivity index (χ4n) is 2.81. The van der Waals surface area contributed by atoms with Gasteiger partial charge in [0.05, 0.1) is 0 Å². The van der Waals surface area contributed by atoms with Crippen LogP contribution in [0.5, 0.6) is 0 Å². The molecule has 0 amide bonds. The minimum atomic E-state index is -0.280. The van der Waals surface area contributed by atoms with Crippen LogP contribution in [0, 0.1) is 0 Å². The van der Waals surface area contributed by atoms with Gasteiger partial charge in [0.2, 0.25) is 0 Å². The molecule has 1 aliphatic rings. The molecule has 24 heavy (non-hydrogen) atoms. The van der Waals surface area contributed by atoms with Gasteiger partial charge in [0.1, 0.15) is 0 Å². The molecule has 0 bridgehead atoms. The topological polar surface area (TPSA) is 12.0 Å². The van der Waals surface area contributed by atoms with Crippen LogP contribution in [0.1, 0.15) is 35.6 Å². The third kappa shape index (κ3) is 5.26. The average Bonchev–Trinajstić information content (AvgIpc) is 3.00. The summed E-state index contributed by atoms with van der Waals surface area (Å²) in [6.07, 6.45) is 5.72. The molecule has 1 N–H and O–H groups in total. The molecule has 0 saturated carbocycles. The Labute approximate surface area is 166 Å². The van der Waals surface area contributed by atoms with Gasteiger partial charge in [0.25, 0.3) is 0 Å². The van der Waals surface area contributed by atoms with Crippen molar-refractivity contribution >= 4 is 36.1 Å². The zero-order valence-electron chi connectivity index (χ0n) is 14.0. The first-order chi connectivity index (χ1) is 10.7. The fraction of sp³-hybridized carbons (Fsp3) is 0.200. The summed E-state index contributed by atoms with van der Waals surface area (Å²) in [5.41, 5.74) is 7.01. The average molecular weight is 396 g/mol. The molecule has 1 atom stereocenters. The number of rotatable bonds is 5. The van der Waals surface area contributed by atoms with E-state index in [1.165, 1.54) is 28.0 Å². The molecule has 4 heteroatoms. The molecule has 0 saturated heterocycles. The second-order valence-corrected chi connectivity index (χ2v) is 7.96. The Balaban J connectivity index is 0.00000144. The van der Waals surface area contributed by atoms with Crippen LogP contribution >= 0.6 is 24.8 Å². The van der Waals surface area contributed by atoms with Crippen molar-refractivity contribution in [3.8, 4) is 0 Å². The monoisotopic (exact) mass is 395 g/mol. The number of benzene rings is 2. The Morgan fingerprint density at radius 3 is 2.29 bits per heavy atom. The van der Waals surface area contributed by atoms with E-state index in [-0.39, 0.29) is 44.2 Å². The molecular weight excluding hydrogens is 373 g/mol. The van der Waals surface area contributed by atoms with Crippen LogP contribution in [0.15, 0.2) is 72.3 Å². The second-order valence-electron chi connectivity index (χ2n) is 5.77. The third-order valence-corrected chi connectivity index (χ3v) is 5.86. The summed E-state index contributed by atoms with van der Waals surface area (Å²) in [6.45, 7) is 4.54. The van der Waals surface area contributed by atoms with Crippen LogP contribution in [0.2, 0.25) is 0 Å². The van der Waals surface area contributed by atoms with Crippen LogP contribution in [0.4, 0.5) is 5.69 Å². The van der Waals surface area contributed by atoms with Gasteiger partial charge in [-0.05, 0) is 0 Å². The van der Waals surface area contributed by atoms with Crippen molar-refractivity contribution in [2.75, 3.05) is 3.80 Å². The van der Waals surface area contributed by atoms with E-state index in [4.69, 9.17) is 0 Å². The van der Waals surface area contributed by atoms with Crippen molar-refractivity contribution in [3.63, 3.8) is 0 Å². The van der Waals surface area contributed by atoms with Gasteiger partial charge in [-0.2, -0.15) is 0 Å². The van der Waals surface area contributed by atoms with Crippen LogP contribution < -0.4 is 3.80 Å². The number of anilines is 1. The molecule has 1 nitrogen and oxygen atoms in total. The van der Waals surface area contributed by atoms with E-state index in [0.29, 0.717) is 4.22 Å². The normalized spacial score (nSPS) is 13.8. The Bertz CT molecular complexity index is 711. The van der Waals surface area contributed by atoms with Crippen molar-refractivity contribution in [1.29, 1.82) is 0 Å². The SMILES string of the molecule is CC1=CCC(c2ccccc2[CH](C)[Ti][NH]c2ccccc2)=C1.Cl.Cl. The largest absolute Gasteiger partial charge is 0.147 e. The Morgan fingerprint density at radius 1 is 0.958 bits per heavy atom. The molecule has 2 aromatic carbocycles. The minimum absolute atomic E-state index is 0. The van der Waals surface area contributed by atoms with Crippen molar-refractivity contribution in [1.82, 2.24) is 0 Å². The summed E-state index contributed by atoms with van der Waals surface area (Å²) in [5.74, 6) is 0. The molecule has 0 radical (unpaired) electrons. The van der Waals surface area contributed by atoms with Gasteiger partial charge in [-0.1, -0.05) is 0 Å². The standard InChI is InChI=1S/C14H15.C6H6N.2ClH.Ti/c1-3-12-6-4-5-7-14(12)13-9-8-11(2)10-13;7-6-4-2-1-3-5-6;;;/h3-8,10H,9H2,1-2H3;1-5,7H;2*1H;/q;-1;;;+1. The summed E-state index contributed by atoms with van der Waals surface area (Å²) in [5, 5.41) is 0. The summed E-state index contributed by atoms with van der Waals surface area (Å²) in [6, 6.07) is 19.4. The number of hydrogen-bond donors (Lipinski definition) is 1. The fourth-order valence-corrected chi connectivity index (χ4v) is 4.30. The van der Waals surface area contributed by atoms with E-state index in [0.717, 1.165) is 6.42 Å². The molecule has 1 aliphatic carbocycles. The molecule has 0 spiro atoms. The van der Waals surface area contributed by atoms with Gasteiger partial charge >= 0.3 is 142 Å². The van der Waals surface area contributed by atoms with Crippen molar-refractivity contribution in [3.05, 3.63) is 83.4 Å². The summed E-state index contributed by atoms with van der Waals surface area (Å²) < 4.78 is 4.26. The molecule has 3 rings (SSSR count). The third-order valence-electron chi connectivity index (χ3n) is 4.03. The maximum Gasteiger partial charge on any atom is -0.147 e. The molecule has 0 aromatic heterocycles. The predicted octanol–water partition coefficient (Wildman–Crippen LogP) is 6.43. The maximum atomic E-state index is 3.66. The maximum absolute atomic E-state index is 3.66. The van der Waals surface area contributed by atoms with Gasteiger partial charge in [0, 0.05) is 0 Å². The van der Waals surface area contributed by atoms with Gasteiger partial charge in [-0.3, -0.25) is 0 Å². The predicted molar refractivity (Wildman–Crippen MR) is 106 cm³/mol. The molecule has 0 heterocycles. The van der Waals surface area contributed by atoms with Crippen LogP contribution in [0.25, 0.3) is 5.57 Å². The molecule has 1 unspecified atom stereocenters. The molecule has 0 fully saturated rings. The van der Waals surface area contributed by atoms with Gasteiger partial charge < -0.3 is 0 Å². The molecule has 126 valence electrons. The minimum Gasteiger partial charge on any atom is -0.147 e. The number of nitrogens with one attached hydrogen (secondary N) is 1. The Morgan fingerprint density at radius 2 is 1.62 bits per heavy atom. The first-order valence-electron chi connectivity index (χ1n) is 7.77. The van der Waals surface area contributed by atoms with Crippen molar-refractivity contribution in [2.24, 2.45) is 0 Å². The van der Waals surface area contributed by atoms with Crippen LogP contribution in [-0.2, 0) is 19.4 Å². The number of hydrogen-bond acceptors (Lipinski definition) is 1. The van der Waals surface area contributed by atoms with Crippen molar-refractivity contribution < 1.29 is 19.4 Å². The number of allylic oxidation sites excluding steroid dienone is 4. The zero-order valence-corrected chi connectivity index (χ0v) is 17.1. The summed E-state index contributed by atoms with van der Waals surface area (Å²) in [4.78, 5) is 0. The second kappa shape index (κ2) is 10.1. The molecule has 2 aromatic rings. The Kier molecular flexibility index (Phi) is 8.87. The number of halogens is 2. The smallest absolute Gasteiger partial charge is 0.147 e. The van der Waals surface area contributed by atoms with Gasteiger partial charge in [-0.25, -0.2) is 0 Å². The first-order valence-corrected chi connectivity index (χ1v) is 9.45. The van der Waals surface area contributed by atoms with E-state index in [2.05, 4.69) is 84.4 Å². The molecular formula is C20H23Cl2NTi. The number of para-hydroxylation sites is 1. The van der Waals surface area contributed by atoms with Crippen molar-refractivity contribution in [2.45, 2.75) is 24.5 Å². The van der Waals surface area contributed by atoms with Gasteiger partial charge in [0.15, 0.2) is 0 Å². The van der Waals surface area contributed by atoms with E-state index in [1.54, 1.807) is 0 Å². The van der Waals surface area contributed by atoms with E-state index < -0.39 is 0 Å². The van der Waals surface area contributed by atoms with E-state index >= 15 is 0 Å².